The fourth-order valence-electron chi connectivity index (χ4n) is 2.14. The number of hydrogen-bond acceptors (Lipinski definition) is 4. The first-order valence-corrected chi connectivity index (χ1v) is 7.77. The summed E-state index contributed by atoms with van der Waals surface area (Å²) in [7, 11) is 0. The van der Waals surface area contributed by atoms with Gasteiger partial charge in [-0.25, -0.2) is 9.97 Å². The second-order valence-electron chi connectivity index (χ2n) is 6.99. The summed E-state index contributed by atoms with van der Waals surface area (Å²) in [6.45, 7) is 12.9. The molecule has 20 heavy (non-hydrogen) atoms. The van der Waals surface area contributed by atoms with E-state index in [1.807, 2.05) is 6.07 Å². The molecule has 0 radical (unpaired) electrons. The molecule has 0 bridgehead atoms. The number of anilines is 2. The molecule has 1 saturated carbocycles. The van der Waals surface area contributed by atoms with Crippen molar-refractivity contribution in [2.24, 2.45) is 11.8 Å². The molecule has 2 rings (SSSR count). The van der Waals surface area contributed by atoms with Gasteiger partial charge in [-0.3, -0.25) is 0 Å². The van der Waals surface area contributed by atoms with E-state index in [1.165, 1.54) is 6.42 Å². The minimum Gasteiger partial charge on any atom is -0.370 e. The Balaban J connectivity index is 2.11. The molecule has 1 aromatic heterocycles. The van der Waals surface area contributed by atoms with Crippen molar-refractivity contribution in [1.82, 2.24) is 9.97 Å². The Bertz CT molecular complexity index is 450. The third-order valence-corrected chi connectivity index (χ3v) is 3.77. The summed E-state index contributed by atoms with van der Waals surface area (Å²) in [6.07, 6.45) is 2.43. The minimum absolute atomic E-state index is 0.0345. The topological polar surface area (TPSA) is 49.8 Å². The molecule has 4 nitrogen and oxygen atoms in total. The van der Waals surface area contributed by atoms with E-state index in [1.54, 1.807) is 0 Å². The van der Waals surface area contributed by atoms with Crippen molar-refractivity contribution in [3.05, 3.63) is 11.9 Å². The van der Waals surface area contributed by atoms with Crippen LogP contribution in [0.15, 0.2) is 6.07 Å². The molecule has 2 unspecified atom stereocenters. The highest BCUT2D eigenvalue weighted by atomic mass is 15.1. The Morgan fingerprint density at radius 1 is 1.20 bits per heavy atom. The highest BCUT2D eigenvalue weighted by Crippen LogP contribution is 2.37. The first-order chi connectivity index (χ1) is 9.40. The highest BCUT2D eigenvalue weighted by Gasteiger charge is 2.32. The Kier molecular flexibility index (Phi) is 4.51. The highest BCUT2D eigenvalue weighted by molar-refractivity contribution is 5.48. The normalized spacial score (nSPS) is 21.6. The van der Waals surface area contributed by atoms with Gasteiger partial charge in [-0.1, -0.05) is 34.6 Å². The average molecular weight is 276 g/mol. The smallest absolute Gasteiger partial charge is 0.138 e. The lowest BCUT2D eigenvalue weighted by Crippen LogP contribution is -2.19. The maximum absolute atomic E-state index is 4.68. The molecule has 0 saturated heterocycles. The molecule has 1 fully saturated rings. The van der Waals surface area contributed by atoms with Crippen molar-refractivity contribution in [2.45, 2.75) is 52.9 Å². The fraction of sp³-hybridized carbons (Fsp3) is 0.750. The van der Waals surface area contributed by atoms with E-state index in [2.05, 4.69) is 55.2 Å². The zero-order valence-corrected chi connectivity index (χ0v) is 13.5. The second-order valence-corrected chi connectivity index (χ2v) is 6.99. The van der Waals surface area contributed by atoms with Crippen LogP contribution in [-0.2, 0) is 5.41 Å². The lowest BCUT2D eigenvalue weighted by atomic mass is 9.96. The number of aromatic nitrogens is 2. The van der Waals surface area contributed by atoms with Crippen LogP contribution < -0.4 is 10.6 Å². The van der Waals surface area contributed by atoms with Crippen LogP contribution in [0.4, 0.5) is 11.6 Å². The van der Waals surface area contributed by atoms with E-state index >= 15 is 0 Å². The molecule has 0 amide bonds. The molecule has 1 aromatic rings. The predicted octanol–water partition coefficient (Wildman–Crippen LogP) is 3.66. The maximum Gasteiger partial charge on any atom is 0.138 e. The van der Waals surface area contributed by atoms with E-state index in [9.17, 15) is 0 Å². The minimum atomic E-state index is -0.0345. The van der Waals surface area contributed by atoms with Crippen LogP contribution in [0.25, 0.3) is 0 Å². The van der Waals surface area contributed by atoms with Crippen molar-refractivity contribution in [1.29, 1.82) is 0 Å². The van der Waals surface area contributed by atoms with Crippen LogP contribution in [-0.4, -0.2) is 23.1 Å². The van der Waals surface area contributed by atoms with Crippen molar-refractivity contribution in [3.8, 4) is 0 Å². The van der Waals surface area contributed by atoms with Gasteiger partial charge in [0.25, 0.3) is 0 Å². The van der Waals surface area contributed by atoms with Crippen LogP contribution >= 0.6 is 0 Å². The summed E-state index contributed by atoms with van der Waals surface area (Å²) in [5.41, 5.74) is -0.0345. The molecule has 4 heteroatoms. The zero-order valence-electron chi connectivity index (χ0n) is 13.5. The van der Waals surface area contributed by atoms with Crippen LogP contribution in [0.1, 0.15) is 53.3 Å². The summed E-state index contributed by atoms with van der Waals surface area (Å²) < 4.78 is 0. The third-order valence-electron chi connectivity index (χ3n) is 3.77. The van der Waals surface area contributed by atoms with Crippen LogP contribution in [0, 0.1) is 11.8 Å². The molecule has 2 N–H and O–H groups in total. The van der Waals surface area contributed by atoms with Crippen LogP contribution in [0.5, 0.6) is 0 Å². The van der Waals surface area contributed by atoms with Crippen molar-refractivity contribution in [2.75, 3.05) is 23.7 Å². The molecule has 0 aliphatic heterocycles. The Morgan fingerprint density at radius 3 is 2.30 bits per heavy atom. The average Bonchev–Trinajstić information content (AvgIpc) is 3.09. The Hall–Kier alpha value is -1.32. The van der Waals surface area contributed by atoms with Gasteiger partial charge in [0.2, 0.25) is 0 Å². The summed E-state index contributed by atoms with van der Waals surface area (Å²) in [5.74, 6) is 4.45. The SMILES string of the molecule is CCCNc1cc(NCC2CC2C)nc(C(C)(C)C)n1. The van der Waals surface area contributed by atoms with Gasteiger partial charge in [0.1, 0.15) is 17.5 Å². The maximum atomic E-state index is 4.68. The van der Waals surface area contributed by atoms with E-state index in [-0.39, 0.29) is 5.41 Å². The largest absolute Gasteiger partial charge is 0.370 e. The number of nitrogens with zero attached hydrogens (tertiary/aromatic N) is 2. The molecule has 0 spiro atoms. The summed E-state index contributed by atoms with van der Waals surface area (Å²) in [4.78, 5) is 9.31. The molecule has 112 valence electrons. The van der Waals surface area contributed by atoms with Gasteiger partial charge >= 0.3 is 0 Å². The Morgan fingerprint density at radius 2 is 1.80 bits per heavy atom. The monoisotopic (exact) mass is 276 g/mol. The van der Waals surface area contributed by atoms with Crippen molar-refractivity contribution >= 4 is 11.6 Å². The van der Waals surface area contributed by atoms with Gasteiger partial charge < -0.3 is 10.6 Å². The second kappa shape index (κ2) is 5.98. The standard InChI is InChI=1S/C16H28N4/c1-6-7-17-13-9-14(18-10-12-8-11(12)2)20-15(19-13)16(3,4)5/h9,11-12H,6-8,10H2,1-5H3,(H2,17,18,19,20). The number of nitrogens with one attached hydrogen (secondary N) is 2. The summed E-state index contributed by atoms with van der Waals surface area (Å²) in [5, 5.41) is 6.84. The van der Waals surface area contributed by atoms with Gasteiger partial charge in [0.05, 0.1) is 0 Å². The van der Waals surface area contributed by atoms with Crippen LogP contribution in [0.3, 0.4) is 0 Å². The first kappa shape index (κ1) is 15.1. The van der Waals surface area contributed by atoms with E-state index in [0.717, 1.165) is 48.8 Å². The lowest BCUT2D eigenvalue weighted by Gasteiger charge is -2.19. The predicted molar refractivity (Wildman–Crippen MR) is 85.3 cm³/mol. The van der Waals surface area contributed by atoms with Gasteiger partial charge in [0, 0.05) is 24.6 Å². The van der Waals surface area contributed by atoms with Gasteiger partial charge in [-0.15, -0.1) is 0 Å². The summed E-state index contributed by atoms with van der Waals surface area (Å²) in [6, 6.07) is 2.03. The first-order valence-electron chi connectivity index (χ1n) is 7.77. The lowest BCUT2D eigenvalue weighted by molar-refractivity contribution is 0.546. The van der Waals surface area contributed by atoms with E-state index < -0.39 is 0 Å². The van der Waals surface area contributed by atoms with Gasteiger partial charge in [-0.05, 0) is 24.7 Å². The third kappa shape index (κ3) is 4.09. The van der Waals surface area contributed by atoms with Crippen LogP contribution in [0.2, 0.25) is 0 Å². The van der Waals surface area contributed by atoms with Crippen molar-refractivity contribution in [3.63, 3.8) is 0 Å². The van der Waals surface area contributed by atoms with Gasteiger partial charge in [-0.2, -0.15) is 0 Å². The summed E-state index contributed by atoms with van der Waals surface area (Å²) >= 11 is 0. The van der Waals surface area contributed by atoms with E-state index in [4.69, 9.17) is 0 Å². The zero-order chi connectivity index (χ0) is 14.8. The van der Waals surface area contributed by atoms with Gasteiger partial charge in [0.15, 0.2) is 0 Å². The molecular formula is C16H28N4. The van der Waals surface area contributed by atoms with Crippen molar-refractivity contribution < 1.29 is 0 Å². The molecule has 1 aliphatic rings. The molecule has 2 atom stereocenters. The molecule has 1 heterocycles. The number of rotatable bonds is 6. The molecule has 0 aromatic carbocycles. The fourth-order valence-corrected chi connectivity index (χ4v) is 2.14. The van der Waals surface area contributed by atoms with E-state index in [0.29, 0.717) is 0 Å². The molecule has 1 aliphatic carbocycles. The quantitative estimate of drug-likeness (QED) is 0.832. The Labute approximate surface area is 122 Å². The number of hydrogen-bond donors (Lipinski definition) is 2. The molecular weight excluding hydrogens is 248 g/mol.